The van der Waals surface area contributed by atoms with Crippen LogP contribution in [0.1, 0.15) is 23.0 Å². The van der Waals surface area contributed by atoms with Crippen LogP contribution in [0.15, 0.2) is 51.9 Å². The van der Waals surface area contributed by atoms with Gasteiger partial charge >= 0.3 is 0 Å². The number of aryl methyl sites for hydroxylation is 1. The van der Waals surface area contributed by atoms with Crippen molar-refractivity contribution in [1.29, 1.82) is 0 Å². The number of benzene rings is 2. The molecule has 0 N–H and O–H groups in total. The summed E-state index contributed by atoms with van der Waals surface area (Å²) in [4.78, 5) is 28.8. The summed E-state index contributed by atoms with van der Waals surface area (Å²) in [5, 5.41) is 11.6. The zero-order valence-electron chi connectivity index (χ0n) is 14.7. The summed E-state index contributed by atoms with van der Waals surface area (Å²) in [5.74, 6) is -0.334. The fourth-order valence-corrected chi connectivity index (χ4v) is 5.50. The van der Waals surface area contributed by atoms with E-state index in [4.69, 9.17) is 0 Å². The lowest BCUT2D eigenvalue weighted by molar-refractivity contribution is -0.384. The molecule has 2 aromatic carbocycles. The molecule has 1 amide bonds. The first-order valence-corrected chi connectivity index (χ1v) is 10.9. The summed E-state index contributed by atoms with van der Waals surface area (Å²) < 4.78 is 4.92. The Balaban J connectivity index is 1.80. The molecule has 0 atom stereocenters. The molecule has 2 aromatic heterocycles. The normalized spacial score (nSPS) is 12.1. The van der Waals surface area contributed by atoms with Crippen LogP contribution in [0.4, 0.5) is 5.69 Å². The van der Waals surface area contributed by atoms with Crippen molar-refractivity contribution in [2.45, 2.75) is 19.9 Å². The molecular formula is C19H14BrN3O3S2. The lowest BCUT2D eigenvalue weighted by Gasteiger charge is -2.02. The van der Waals surface area contributed by atoms with Gasteiger partial charge in [-0.2, -0.15) is 4.99 Å². The number of nitro groups is 1. The first-order chi connectivity index (χ1) is 13.5. The second-order valence-electron chi connectivity index (χ2n) is 6.16. The zero-order chi connectivity index (χ0) is 19.8. The van der Waals surface area contributed by atoms with Crippen LogP contribution in [0.25, 0.3) is 20.3 Å². The number of thiophene rings is 1. The number of hydrogen-bond donors (Lipinski definition) is 0. The fraction of sp³-hybridized carbons (Fsp3) is 0.158. The molecule has 4 rings (SSSR count). The molecule has 2 heterocycles. The van der Waals surface area contributed by atoms with E-state index in [-0.39, 0.29) is 11.6 Å². The Labute approximate surface area is 176 Å². The van der Waals surface area contributed by atoms with Crippen molar-refractivity contribution >= 4 is 70.5 Å². The summed E-state index contributed by atoms with van der Waals surface area (Å²) in [6, 6.07) is 12.3. The van der Waals surface area contributed by atoms with Gasteiger partial charge in [-0.05, 0) is 36.8 Å². The topological polar surface area (TPSA) is 77.5 Å². The predicted octanol–water partition coefficient (Wildman–Crippen LogP) is 5.74. The first kappa shape index (κ1) is 19.0. The number of amides is 1. The lowest BCUT2D eigenvalue weighted by Crippen LogP contribution is -2.16. The Morgan fingerprint density at radius 2 is 2.00 bits per heavy atom. The molecule has 0 bridgehead atoms. The molecular weight excluding hydrogens is 462 g/mol. The summed E-state index contributed by atoms with van der Waals surface area (Å²) in [6.07, 6.45) is 0.926. The quantitative estimate of drug-likeness (QED) is 0.278. The van der Waals surface area contributed by atoms with Crippen LogP contribution in [0, 0.1) is 10.1 Å². The highest BCUT2D eigenvalue weighted by Gasteiger charge is 2.14. The van der Waals surface area contributed by atoms with E-state index in [2.05, 4.69) is 32.4 Å². The molecule has 0 aliphatic heterocycles. The molecule has 6 nitrogen and oxygen atoms in total. The van der Waals surface area contributed by atoms with E-state index < -0.39 is 4.92 Å². The maximum atomic E-state index is 12.8. The number of halogens is 1. The monoisotopic (exact) mass is 475 g/mol. The Morgan fingerprint density at radius 1 is 1.18 bits per heavy atom. The molecule has 9 heteroatoms. The summed E-state index contributed by atoms with van der Waals surface area (Å²) in [7, 11) is 0. The number of hydrogen-bond acceptors (Lipinski definition) is 5. The molecule has 0 aliphatic rings. The zero-order valence-corrected chi connectivity index (χ0v) is 17.9. The SMILES string of the molecule is CCCn1c(=NC(=O)c2cc3cc([N+](=O)[O-])ccc3s2)sc2cc(Br)ccc21. The largest absolute Gasteiger partial charge is 0.316 e. The molecule has 0 unspecified atom stereocenters. The Morgan fingerprint density at radius 3 is 2.75 bits per heavy atom. The third-order valence-electron chi connectivity index (χ3n) is 4.21. The van der Waals surface area contributed by atoms with Crippen LogP contribution in [0.3, 0.4) is 0 Å². The maximum absolute atomic E-state index is 12.8. The predicted molar refractivity (Wildman–Crippen MR) is 116 cm³/mol. The molecule has 0 aliphatic carbocycles. The highest BCUT2D eigenvalue weighted by atomic mass is 79.9. The Hall–Kier alpha value is -2.36. The number of nitrogens with zero attached hydrogens (tertiary/aromatic N) is 3. The minimum atomic E-state index is -0.439. The van der Waals surface area contributed by atoms with Crippen LogP contribution in [0.5, 0.6) is 0 Å². The van der Waals surface area contributed by atoms with Crippen molar-refractivity contribution in [3.63, 3.8) is 0 Å². The van der Waals surface area contributed by atoms with Gasteiger partial charge in [-0.3, -0.25) is 14.9 Å². The highest BCUT2D eigenvalue weighted by molar-refractivity contribution is 9.10. The van der Waals surface area contributed by atoms with E-state index in [1.165, 1.54) is 34.8 Å². The molecule has 0 spiro atoms. The van der Waals surface area contributed by atoms with Gasteiger partial charge in [0, 0.05) is 33.2 Å². The minimum absolute atomic E-state index is 0.0112. The van der Waals surface area contributed by atoms with Crippen LogP contribution in [-0.2, 0) is 6.54 Å². The average molecular weight is 476 g/mol. The van der Waals surface area contributed by atoms with Crippen molar-refractivity contribution in [3.8, 4) is 0 Å². The van der Waals surface area contributed by atoms with Crippen molar-refractivity contribution in [2.24, 2.45) is 4.99 Å². The number of rotatable bonds is 4. The van der Waals surface area contributed by atoms with Gasteiger partial charge in [0.1, 0.15) is 0 Å². The number of carbonyl (C=O) groups is 1. The van der Waals surface area contributed by atoms with Crippen LogP contribution in [0.2, 0.25) is 0 Å². The van der Waals surface area contributed by atoms with E-state index in [9.17, 15) is 14.9 Å². The minimum Gasteiger partial charge on any atom is -0.316 e. The van der Waals surface area contributed by atoms with Crippen molar-refractivity contribution < 1.29 is 9.72 Å². The third kappa shape index (κ3) is 3.52. The summed E-state index contributed by atoms with van der Waals surface area (Å²) in [6.45, 7) is 2.85. The lowest BCUT2D eigenvalue weighted by atomic mass is 10.2. The van der Waals surface area contributed by atoms with Gasteiger partial charge in [0.15, 0.2) is 4.80 Å². The smallest absolute Gasteiger partial charge is 0.289 e. The van der Waals surface area contributed by atoms with E-state index >= 15 is 0 Å². The third-order valence-corrected chi connectivity index (χ3v) is 6.85. The number of fused-ring (bicyclic) bond motifs is 2. The van der Waals surface area contributed by atoms with Crippen LogP contribution >= 0.6 is 38.6 Å². The van der Waals surface area contributed by atoms with Crippen molar-refractivity contribution in [1.82, 2.24) is 4.57 Å². The molecule has 0 radical (unpaired) electrons. The van der Waals surface area contributed by atoms with Gasteiger partial charge in [-0.15, -0.1) is 11.3 Å². The Kier molecular flexibility index (Phi) is 5.13. The van der Waals surface area contributed by atoms with Gasteiger partial charge < -0.3 is 4.57 Å². The fourth-order valence-electron chi connectivity index (χ4n) is 2.96. The Bertz CT molecular complexity index is 1300. The second kappa shape index (κ2) is 7.57. The maximum Gasteiger partial charge on any atom is 0.289 e. The highest BCUT2D eigenvalue weighted by Crippen LogP contribution is 2.29. The van der Waals surface area contributed by atoms with E-state index in [1.54, 1.807) is 12.1 Å². The molecule has 0 fully saturated rings. The molecule has 0 saturated carbocycles. The van der Waals surface area contributed by atoms with Gasteiger partial charge in [-0.25, -0.2) is 0 Å². The van der Waals surface area contributed by atoms with Gasteiger partial charge in [-0.1, -0.05) is 34.2 Å². The number of aromatic nitrogens is 1. The van der Waals surface area contributed by atoms with Gasteiger partial charge in [0.25, 0.3) is 11.6 Å². The number of nitro benzene ring substituents is 1. The summed E-state index contributed by atoms with van der Waals surface area (Å²) >= 11 is 6.25. The number of non-ortho nitro benzene ring substituents is 1. The van der Waals surface area contributed by atoms with Crippen molar-refractivity contribution in [3.05, 3.63) is 66.7 Å². The number of thiazole rings is 1. The van der Waals surface area contributed by atoms with Crippen LogP contribution in [-0.4, -0.2) is 15.4 Å². The van der Waals surface area contributed by atoms with Crippen molar-refractivity contribution in [2.75, 3.05) is 0 Å². The summed E-state index contributed by atoms with van der Waals surface area (Å²) in [5.41, 5.74) is 1.06. The molecule has 142 valence electrons. The van der Waals surface area contributed by atoms with E-state index in [0.717, 1.165) is 32.4 Å². The average Bonchev–Trinajstić information content (AvgIpc) is 3.22. The first-order valence-electron chi connectivity index (χ1n) is 8.52. The van der Waals surface area contributed by atoms with Crippen LogP contribution < -0.4 is 4.80 Å². The van der Waals surface area contributed by atoms with Gasteiger partial charge in [0.05, 0.1) is 20.0 Å². The molecule has 4 aromatic rings. The standard InChI is InChI=1S/C19H14BrN3O3S2/c1-2-7-22-14-5-3-12(20)10-16(14)28-19(22)21-18(24)17-9-11-8-13(23(25)26)4-6-15(11)27-17/h3-6,8-10H,2,7H2,1H3. The molecule has 28 heavy (non-hydrogen) atoms. The van der Waals surface area contributed by atoms with E-state index in [1.807, 2.05) is 18.2 Å². The molecule has 0 saturated heterocycles. The van der Waals surface area contributed by atoms with Gasteiger partial charge in [0.2, 0.25) is 0 Å². The second-order valence-corrected chi connectivity index (χ2v) is 9.16. The number of carbonyl (C=O) groups excluding carboxylic acids is 1. The van der Waals surface area contributed by atoms with E-state index in [0.29, 0.717) is 15.1 Å².